The van der Waals surface area contributed by atoms with Gasteiger partial charge in [0.1, 0.15) is 5.75 Å². The fraction of sp³-hybridized carbons (Fsp3) is 0.316. The number of nitrogens with one attached hydrogen (secondary N) is 1. The standard InChI is InChI=1S/C19H21ClFNO3/c1-12(11-17(23)24-3)22-13(2)15-9-10-16(20)19(18(15)21)25-14-7-5-4-6-8-14/h4-10,12-13,22H,11H2,1-3H3/t12?,13-/m1/s1. The van der Waals surface area contributed by atoms with Crippen LogP contribution >= 0.6 is 11.6 Å². The highest BCUT2D eigenvalue weighted by atomic mass is 35.5. The van der Waals surface area contributed by atoms with Crippen LogP contribution in [0.15, 0.2) is 42.5 Å². The van der Waals surface area contributed by atoms with E-state index < -0.39 is 5.82 Å². The molecule has 6 heteroatoms. The van der Waals surface area contributed by atoms with Gasteiger partial charge in [-0.15, -0.1) is 0 Å². The third kappa shape index (κ3) is 5.18. The number of para-hydroxylation sites is 1. The van der Waals surface area contributed by atoms with Gasteiger partial charge in [-0.25, -0.2) is 4.39 Å². The summed E-state index contributed by atoms with van der Waals surface area (Å²) in [5.41, 5.74) is 0.409. The lowest BCUT2D eigenvalue weighted by atomic mass is 10.1. The van der Waals surface area contributed by atoms with Crippen molar-refractivity contribution in [3.8, 4) is 11.5 Å². The molecular formula is C19H21ClFNO3. The number of benzene rings is 2. The second-order valence-electron chi connectivity index (χ2n) is 5.76. The minimum Gasteiger partial charge on any atom is -0.469 e. The Bertz CT molecular complexity index is 724. The van der Waals surface area contributed by atoms with E-state index in [4.69, 9.17) is 16.3 Å². The van der Waals surface area contributed by atoms with E-state index in [2.05, 4.69) is 10.1 Å². The molecule has 0 saturated carbocycles. The first-order valence-electron chi connectivity index (χ1n) is 7.96. The second kappa shape index (κ2) is 8.83. The number of ether oxygens (including phenoxy) is 2. The first-order chi connectivity index (χ1) is 11.9. The zero-order valence-electron chi connectivity index (χ0n) is 14.4. The van der Waals surface area contributed by atoms with Gasteiger partial charge in [-0.2, -0.15) is 0 Å². The number of esters is 1. The van der Waals surface area contributed by atoms with E-state index in [1.807, 2.05) is 19.9 Å². The number of carbonyl (C=O) groups excluding carboxylic acids is 1. The molecule has 1 unspecified atom stereocenters. The lowest BCUT2D eigenvalue weighted by Crippen LogP contribution is -2.31. The smallest absolute Gasteiger partial charge is 0.307 e. The Hall–Kier alpha value is -2.11. The van der Waals surface area contributed by atoms with Crippen LogP contribution in [0.25, 0.3) is 0 Å². The molecule has 0 radical (unpaired) electrons. The highest BCUT2D eigenvalue weighted by molar-refractivity contribution is 6.32. The maximum Gasteiger partial charge on any atom is 0.307 e. The van der Waals surface area contributed by atoms with Crippen molar-refractivity contribution < 1.29 is 18.7 Å². The molecule has 0 heterocycles. The van der Waals surface area contributed by atoms with Crippen LogP contribution in [-0.2, 0) is 9.53 Å². The van der Waals surface area contributed by atoms with Gasteiger partial charge in [-0.05, 0) is 32.0 Å². The van der Waals surface area contributed by atoms with E-state index in [9.17, 15) is 9.18 Å². The largest absolute Gasteiger partial charge is 0.469 e. The van der Waals surface area contributed by atoms with Gasteiger partial charge < -0.3 is 14.8 Å². The van der Waals surface area contributed by atoms with Gasteiger partial charge in [0.15, 0.2) is 11.6 Å². The summed E-state index contributed by atoms with van der Waals surface area (Å²) in [6.45, 7) is 3.65. The zero-order valence-corrected chi connectivity index (χ0v) is 15.1. The number of hydrogen-bond acceptors (Lipinski definition) is 4. The number of hydrogen-bond donors (Lipinski definition) is 1. The number of carbonyl (C=O) groups is 1. The van der Waals surface area contributed by atoms with Crippen molar-refractivity contribution in [3.63, 3.8) is 0 Å². The molecule has 0 saturated heterocycles. The average molecular weight is 366 g/mol. The molecule has 2 rings (SSSR count). The average Bonchev–Trinajstić information content (AvgIpc) is 2.59. The Balaban J connectivity index is 2.18. The van der Waals surface area contributed by atoms with E-state index in [1.165, 1.54) is 7.11 Å². The molecule has 134 valence electrons. The number of methoxy groups -OCH3 is 1. The molecule has 0 aliphatic carbocycles. The van der Waals surface area contributed by atoms with E-state index in [1.54, 1.807) is 36.4 Å². The van der Waals surface area contributed by atoms with Crippen molar-refractivity contribution in [3.05, 3.63) is 58.9 Å². The molecule has 1 N–H and O–H groups in total. The SMILES string of the molecule is COC(=O)CC(C)N[C@H](C)c1ccc(Cl)c(Oc2ccccc2)c1F. The summed E-state index contributed by atoms with van der Waals surface area (Å²) in [5.74, 6) is -0.363. The van der Waals surface area contributed by atoms with Gasteiger partial charge in [-0.3, -0.25) is 4.79 Å². The van der Waals surface area contributed by atoms with E-state index >= 15 is 0 Å². The molecule has 0 fully saturated rings. The van der Waals surface area contributed by atoms with Gasteiger partial charge in [0.2, 0.25) is 0 Å². The van der Waals surface area contributed by atoms with Gasteiger partial charge in [-0.1, -0.05) is 35.9 Å². The molecule has 0 aromatic heterocycles. The Kier molecular flexibility index (Phi) is 6.79. The van der Waals surface area contributed by atoms with Gasteiger partial charge in [0.25, 0.3) is 0 Å². The topological polar surface area (TPSA) is 47.6 Å². The molecule has 2 aromatic carbocycles. The highest BCUT2D eigenvalue weighted by Crippen LogP contribution is 2.35. The lowest BCUT2D eigenvalue weighted by Gasteiger charge is -2.21. The Morgan fingerprint density at radius 2 is 1.88 bits per heavy atom. The predicted molar refractivity (Wildman–Crippen MR) is 95.6 cm³/mol. The van der Waals surface area contributed by atoms with Crippen molar-refractivity contribution in [2.75, 3.05) is 7.11 Å². The van der Waals surface area contributed by atoms with Crippen LogP contribution < -0.4 is 10.1 Å². The van der Waals surface area contributed by atoms with E-state index in [0.29, 0.717) is 11.3 Å². The van der Waals surface area contributed by atoms with Crippen LogP contribution in [0.4, 0.5) is 4.39 Å². The predicted octanol–water partition coefficient (Wildman–Crippen LogP) is 4.87. The summed E-state index contributed by atoms with van der Waals surface area (Å²) < 4.78 is 25.2. The van der Waals surface area contributed by atoms with Crippen molar-refractivity contribution >= 4 is 17.6 Å². The maximum absolute atomic E-state index is 14.9. The summed E-state index contributed by atoms with van der Waals surface area (Å²) in [5, 5.41) is 3.37. The normalized spacial score (nSPS) is 13.2. The third-order valence-corrected chi connectivity index (χ3v) is 4.04. The van der Waals surface area contributed by atoms with Gasteiger partial charge >= 0.3 is 5.97 Å². The van der Waals surface area contributed by atoms with Crippen LogP contribution in [0.3, 0.4) is 0 Å². The van der Waals surface area contributed by atoms with Crippen molar-refractivity contribution in [2.45, 2.75) is 32.4 Å². The fourth-order valence-electron chi connectivity index (χ4n) is 2.49. The number of halogens is 2. The van der Waals surface area contributed by atoms with E-state index in [-0.39, 0.29) is 35.2 Å². The molecule has 2 atom stereocenters. The number of rotatable bonds is 7. The van der Waals surface area contributed by atoms with Crippen molar-refractivity contribution in [1.82, 2.24) is 5.32 Å². The summed E-state index contributed by atoms with van der Waals surface area (Å²) in [6, 6.07) is 11.6. The summed E-state index contributed by atoms with van der Waals surface area (Å²) in [6.07, 6.45) is 0.198. The van der Waals surface area contributed by atoms with Gasteiger partial charge in [0.05, 0.1) is 18.6 Å². The molecule has 4 nitrogen and oxygen atoms in total. The molecule has 2 aromatic rings. The van der Waals surface area contributed by atoms with Gasteiger partial charge in [0, 0.05) is 17.6 Å². The van der Waals surface area contributed by atoms with Crippen molar-refractivity contribution in [1.29, 1.82) is 0 Å². The van der Waals surface area contributed by atoms with Crippen LogP contribution in [0.1, 0.15) is 31.9 Å². The molecule has 0 aliphatic rings. The first-order valence-corrected chi connectivity index (χ1v) is 8.33. The van der Waals surface area contributed by atoms with E-state index in [0.717, 1.165) is 0 Å². The third-order valence-electron chi connectivity index (χ3n) is 3.74. The van der Waals surface area contributed by atoms with Crippen LogP contribution in [0.5, 0.6) is 11.5 Å². The molecule has 0 bridgehead atoms. The molecule has 25 heavy (non-hydrogen) atoms. The fourth-order valence-corrected chi connectivity index (χ4v) is 2.68. The Morgan fingerprint density at radius 3 is 2.52 bits per heavy atom. The molecule has 0 aliphatic heterocycles. The van der Waals surface area contributed by atoms with Crippen LogP contribution in [-0.4, -0.2) is 19.1 Å². The monoisotopic (exact) mass is 365 g/mol. The van der Waals surface area contributed by atoms with Crippen LogP contribution in [0.2, 0.25) is 5.02 Å². The summed E-state index contributed by atoms with van der Waals surface area (Å²) in [7, 11) is 1.34. The zero-order chi connectivity index (χ0) is 18.4. The molecule has 0 spiro atoms. The van der Waals surface area contributed by atoms with Crippen LogP contribution in [0, 0.1) is 5.82 Å². The second-order valence-corrected chi connectivity index (χ2v) is 6.17. The minimum atomic E-state index is -0.526. The Morgan fingerprint density at radius 1 is 1.20 bits per heavy atom. The molecular weight excluding hydrogens is 345 g/mol. The molecule has 0 amide bonds. The van der Waals surface area contributed by atoms with Crippen molar-refractivity contribution in [2.24, 2.45) is 0 Å². The minimum absolute atomic E-state index is 0.0142. The summed E-state index contributed by atoms with van der Waals surface area (Å²) in [4.78, 5) is 11.3. The summed E-state index contributed by atoms with van der Waals surface area (Å²) >= 11 is 6.10. The highest BCUT2D eigenvalue weighted by Gasteiger charge is 2.20. The lowest BCUT2D eigenvalue weighted by molar-refractivity contribution is -0.141. The quantitative estimate of drug-likeness (QED) is 0.711. The maximum atomic E-state index is 14.9. The first kappa shape index (κ1) is 19.2. The Labute approximate surface area is 151 Å².